The zero-order valence-corrected chi connectivity index (χ0v) is 18.7. The minimum atomic E-state index is -1.09. The van der Waals surface area contributed by atoms with Crippen LogP contribution >= 0.6 is 11.8 Å². The summed E-state index contributed by atoms with van der Waals surface area (Å²) in [7, 11) is 0. The number of rotatable bonds is 18. The van der Waals surface area contributed by atoms with E-state index in [4.69, 9.17) is 15.9 Å². The number of carboxylic acid groups (broad SMARTS) is 2. The number of aliphatic hydroxyl groups is 1. The first kappa shape index (κ1) is 28.2. The predicted molar refractivity (Wildman–Crippen MR) is 125 cm³/mol. The summed E-state index contributed by atoms with van der Waals surface area (Å²) in [6.45, 7) is 2.19. The van der Waals surface area contributed by atoms with Gasteiger partial charge in [-0.25, -0.2) is 0 Å². The van der Waals surface area contributed by atoms with E-state index >= 15 is 0 Å². The molecule has 0 aromatic heterocycles. The molecule has 0 amide bonds. The van der Waals surface area contributed by atoms with Crippen molar-refractivity contribution in [3.8, 4) is 0 Å². The van der Waals surface area contributed by atoms with Crippen molar-refractivity contribution in [1.82, 2.24) is 0 Å². The van der Waals surface area contributed by atoms with Crippen LogP contribution in [0.15, 0.2) is 48.6 Å². The highest BCUT2D eigenvalue weighted by molar-refractivity contribution is 8.00. The molecule has 170 valence electrons. The maximum Gasteiger partial charge on any atom is 0.321 e. The van der Waals surface area contributed by atoms with Gasteiger partial charge in [0.2, 0.25) is 0 Å². The first-order valence-corrected chi connectivity index (χ1v) is 11.6. The summed E-state index contributed by atoms with van der Waals surface area (Å²) in [5.74, 6) is -1.83. The molecule has 0 aromatic carbocycles. The molecule has 6 nitrogen and oxygen atoms in total. The van der Waals surface area contributed by atoms with Gasteiger partial charge in [-0.1, -0.05) is 68.4 Å². The molecule has 0 saturated heterocycles. The molecule has 0 radical (unpaired) electrons. The molecule has 0 fully saturated rings. The summed E-state index contributed by atoms with van der Waals surface area (Å²) in [4.78, 5) is 21.5. The van der Waals surface area contributed by atoms with Crippen LogP contribution in [0.2, 0.25) is 0 Å². The third-order valence-electron chi connectivity index (χ3n) is 4.24. The Morgan fingerprint density at radius 2 is 1.73 bits per heavy atom. The van der Waals surface area contributed by atoms with Gasteiger partial charge in [-0.3, -0.25) is 9.59 Å². The molecule has 0 spiro atoms. The van der Waals surface area contributed by atoms with Crippen LogP contribution in [0.5, 0.6) is 0 Å². The van der Waals surface area contributed by atoms with Crippen molar-refractivity contribution in [2.75, 3.05) is 5.75 Å². The van der Waals surface area contributed by atoms with Gasteiger partial charge in [0.15, 0.2) is 0 Å². The van der Waals surface area contributed by atoms with Gasteiger partial charge >= 0.3 is 11.9 Å². The Hall–Kier alpha value is -1.83. The minimum Gasteiger partial charge on any atom is -0.481 e. The van der Waals surface area contributed by atoms with E-state index in [1.807, 2.05) is 18.2 Å². The number of hydrogen-bond acceptors (Lipinski definition) is 5. The van der Waals surface area contributed by atoms with Crippen molar-refractivity contribution >= 4 is 23.7 Å². The van der Waals surface area contributed by atoms with Crippen LogP contribution in [0.1, 0.15) is 58.3 Å². The van der Waals surface area contributed by atoms with Crippen molar-refractivity contribution < 1.29 is 24.9 Å². The number of hydrogen-bond donors (Lipinski definition) is 4. The van der Waals surface area contributed by atoms with E-state index in [0.717, 1.165) is 12.8 Å². The van der Waals surface area contributed by atoms with Gasteiger partial charge < -0.3 is 21.1 Å². The number of carbonyl (C=O) groups is 2. The molecule has 0 saturated carbocycles. The molecule has 7 heteroatoms. The van der Waals surface area contributed by atoms with Gasteiger partial charge in [0.05, 0.1) is 6.10 Å². The van der Waals surface area contributed by atoms with E-state index in [0.29, 0.717) is 12.8 Å². The second kappa shape index (κ2) is 19.2. The van der Waals surface area contributed by atoms with Crippen LogP contribution in [0.3, 0.4) is 0 Å². The summed E-state index contributed by atoms with van der Waals surface area (Å²) in [5.41, 5.74) is 5.54. The van der Waals surface area contributed by atoms with Gasteiger partial charge in [0.25, 0.3) is 0 Å². The van der Waals surface area contributed by atoms with Gasteiger partial charge in [0, 0.05) is 17.4 Å². The van der Waals surface area contributed by atoms with Gasteiger partial charge in [-0.05, 0) is 32.1 Å². The maximum absolute atomic E-state index is 10.9. The van der Waals surface area contributed by atoms with Crippen LogP contribution in [0.25, 0.3) is 0 Å². The van der Waals surface area contributed by atoms with Crippen LogP contribution in [0, 0.1) is 0 Å². The molecule has 0 bridgehead atoms. The highest BCUT2D eigenvalue weighted by Crippen LogP contribution is 2.21. The molecule has 0 aliphatic rings. The number of unbranched alkanes of at least 4 members (excludes halogenated alkanes) is 3. The van der Waals surface area contributed by atoms with E-state index in [-0.39, 0.29) is 17.4 Å². The topological polar surface area (TPSA) is 121 Å². The molecular formula is C23H37NO5S. The summed E-state index contributed by atoms with van der Waals surface area (Å²) in [6.07, 6.45) is 21.3. The largest absolute Gasteiger partial charge is 0.481 e. The Balaban J connectivity index is 4.51. The van der Waals surface area contributed by atoms with Crippen LogP contribution in [-0.2, 0) is 9.59 Å². The SMILES string of the molecule is CCCCC/C=C\C/C=C/C=C/C=C\[C@@H](SC[C@H](N)C(=O)O)[C@@H](O)CCCC(=O)O. The number of aliphatic carboxylic acids is 2. The minimum absolute atomic E-state index is 0.00938. The Morgan fingerprint density at radius 3 is 2.40 bits per heavy atom. The molecule has 5 N–H and O–H groups in total. The van der Waals surface area contributed by atoms with Crippen LogP contribution < -0.4 is 5.73 Å². The Morgan fingerprint density at radius 1 is 1.00 bits per heavy atom. The van der Waals surface area contributed by atoms with Crippen molar-refractivity contribution in [3.63, 3.8) is 0 Å². The van der Waals surface area contributed by atoms with E-state index in [2.05, 4.69) is 25.2 Å². The molecule has 0 aromatic rings. The normalized spacial score (nSPS) is 15.4. The maximum atomic E-state index is 10.9. The first-order chi connectivity index (χ1) is 14.4. The molecule has 3 atom stereocenters. The Bertz CT molecular complexity index is 586. The van der Waals surface area contributed by atoms with Crippen LogP contribution in [-0.4, -0.2) is 50.4 Å². The second-order valence-electron chi connectivity index (χ2n) is 7.00. The third kappa shape index (κ3) is 17.1. The zero-order valence-electron chi connectivity index (χ0n) is 17.9. The smallest absolute Gasteiger partial charge is 0.321 e. The molecular weight excluding hydrogens is 402 g/mol. The number of aliphatic hydroxyl groups excluding tert-OH is 1. The van der Waals surface area contributed by atoms with Crippen molar-refractivity contribution in [3.05, 3.63) is 48.6 Å². The highest BCUT2D eigenvalue weighted by Gasteiger charge is 2.20. The van der Waals surface area contributed by atoms with Gasteiger partial charge in [-0.2, -0.15) is 0 Å². The van der Waals surface area contributed by atoms with Gasteiger partial charge in [-0.15, -0.1) is 11.8 Å². The van der Waals surface area contributed by atoms with Crippen molar-refractivity contribution in [2.45, 2.75) is 75.7 Å². The van der Waals surface area contributed by atoms with Crippen LogP contribution in [0.4, 0.5) is 0 Å². The lowest BCUT2D eigenvalue weighted by Crippen LogP contribution is -2.34. The molecule has 0 aliphatic carbocycles. The number of carboxylic acids is 2. The van der Waals surface area contributed by atoms with E-state index in [1.165, 1.54) is 31.0 Å². The third-order valence-corrected chi connectivity index (χ3v) is 5.65. The lowest BCUT2D eigenvalue weighted by molar-refractivity contribution is -0.138. The first-order valence-electron chi connectivity index (χ1n) is 10.5. The Kier molecular flexibility index (Phi) is 18.0. The predicted octanol–water partition coefficient (Wildman–Crippen LogP) is 4.31. The molecule has 0 heterocycles. The highest BCUT2D eigenvalue weighted by atomic mass is 32.2. The standard InChI is InChI=1S/C23H37NO5S/c1-2-3-4-5-6-7-8-9-10-11-12-13-16-21(30-18-19(24)23(28)29)20(25)15-14-17-22(26)27/h6-7,9-13,16,19-21,25H,2-5,8,14-15,17-18,24H2,1H3,(H,26,27)(H,28,29)/b7-6-,10-9+,12-11+,16-13-/t19-,20-,21+/m0/s1. The van der Waals surface area contributed by atoms with Crippen molar-refractivity contribution in [1.29, 1.82) is 0 Å². The quantitative estimate of drug-likeness (QED) is 0.143. The van der Waals surface area contributed by atoms with Crippen molar-refractivity contribution in [2.24, 2.45) is 5.73 Å². The molecule has 0 aliphatic heterocycles. The lowest BCUT2D eigenvalue weighted by atomic mass is 10.1. The fourth-order valence-corrected chi connectivity index (χ4v) is 3.60. The summed E-state index contributed by atoms with van der Waals surface area (Å²) >= 11 is 1.26. The average Bonchev–Trinajstić information content (AvgIpc) is 2.70. The fourth-order valence-electron chi connectivity index (χ4n) is 2.47. The van der Waals surface area contributed by atoms with Gasteiger partial charge in [0.1, 0.15) is 6.04 Å². The Labute approximate surface area is 184 Å². The monoisotopic (exact) mass is 439 g/mol. The lowest BCUT2D eigenvalue weighted by Gasteiger charge is -2.20. The van der Waals surface area contributed by atoms with E-state index < -0.39 is 24.1 Å². The summed E-state index contributed by atoms with van der Waals surface area (Å²) in [5, 5.41) is 27.6. The second-order valence-corrected chi connectivity index (χ2v) is 8.21. The molecule has 30 heavy (non-hydrogen) atoms. The zero-order chi connectivity index (χ0) is 22.6. The molecule has 0 unspecified atom stereocenters. The summed E-state index contributed by atoms with van der Waals surface area (Å²) in [6, 6.07) is -1.01. The fraction of sp³-hybridized carbons (Fsp3) is 0.565. The van der Waals surface area contributed by atoms with E-state index in [1.54, 1.807) is 12.2 Å². The summed E-state index contributed by atoms with van der Waals surface area (Å²) < 4.78 is 0. The number of thioether (sulfide) groups is 1. The number of nitrogens with two attached hydrogens (primary N) is 1. The van der Waals surface area contributed by atoms with E-state index in [9.17, 15) is 14.7 Å². The molecule has 0 rings (SSSR count). The average molecular weight is 440 g/mol. The number of allylic oxidation sites excluding steroid dienone is 7.